The molecule has 1 N–H and O–H groups in total. The molecule has 2 heterocycles. The Hall–Kier alpha value is -2.50. The van der Waals surface area contributed by atoms with Crippen LogP contribution >= 0.6 is 0 Å². The molecule has 3 aliphatic rings. The Kier molecular flexibility index (Phi) is 4.71. The molecule has 3 aliphatic carbocycles. The number of fused-ring (bicyclic) bond motifs is 1. The Balaban J connectivity index is 1.16. The average molecular weight is 378 g/mol. The van der Waals surface area contributed by atoms with Crippen molar-refractivity contribution in [2.24, 2.45) is 5.92 Å². The Morgan fingerprint density at radius 2 is 2.07 bits per heavy atom. The molecule has 1 atom stereocenters. The molecular weight excluding hydrogens is 352 g/mol. The van der Waals surface area contributed by atoms with Crippen LogP contribution in [0.4, 0.5) is 0 Å². The van der Waals surface area contributed by atoms with E-state index in [0.717, 1.165) is 60.6 Å². The molecule has 2 saturated carbocycles. The quantitative estimate of drug-likeness (QED) is 0.836. The van der Waals surface area contributed by atoms with Crippen molar-refractivity contribution in [3.8, 4) is 5.75 Å². The highest BCUT2D eigenvalue weighted by Crippen LogP contribution is 2.38. The van der Waals surface area contributed by atoms with Crippen molar-refractivity contribution in [2.75, 3.05) is 0 Å². The van der Waals surface area contributed by atoms with Crippen LogP contribution in [0.25, 0.3) is 0 Å². The minimum Gasteiger partial charge on any atom is -0.490 e. The Morgan fingerprint density at radius 3 is 2.86 bits per heavy atom. The molecule has 0 aliphatic heterocycles. The smallest absolute Gasteiger partial charge is 0.223 e. The third kappa shape index (κ3) is 3.86. The van der Waals surface area contributed by atoms with E-state index in [1.54, 1.807) is 6.20 Å². The maximum Gasteiger partial charge on any atom is 0.223 e. The van der Waals surface area contributed by atoms with Gasteiger partial charge in [-0.2, -0.15) is 0 Å². The van der Waals surface area contributed by atoms with Gasteiger partial charge in [0.15, 0.2) is 0 Å². The van der Waals surface area contributed by atoms with Crippen LogP contribution in [0.5, 0.6) is 5.75 Å². The summed E-state index contributed by atoms with van der Waals surface area (Å²) >= 11 is 0. The van der Waals surface area contributed by atoms with Crippen LogP contribution in [0.15, 0.2) is 24.5 Å². The summed E-state index contributed by atoms with van der Waals surface area (Å²) in [7, 11) is 0. The zero-order chi connectivity index (χ0) is 18.9. The molecule has 0 bridgehead atoms. The maximum absolute atomic E-state index is 12.7. The zero-order valence-electron chi connectivity index (χ0n) is 16.1. The highest BCUT2D eigenvalue weighted by molar-refractivity contribution is 5.79. The van der Waals surface area contributed by atoms with Gasteiger partial charge in [-0.3, -0.25) is 9.78 Å². The minimum atomic E-state index is -0.0164. The van der Waals surface area contributed by atoms with E-state index in [-0.39, 0.29) is 11.8 Å². The van der Waals surface area contributed by atoms with E-state index in [4.69, 9.17) is 9.72 Å². The molecule has 2 aromatic rings. The molecule has 28 heavy (non-hydrogen) atoms. The number of nitrogens with zero attached hydrogens (tertiary/aromatic N) is 3. The van der Waals surface area contributed by atoms with Crippen LogP contribution < -0.4 is 10.1 Å². The molecule has 2 fully saturated rings. The standard InChI is InChI=1S/C22H26N4O2/c27-22(25-13-17-11-19(8-9-23-17)28-18-2-1-3-18)15-6-7-20-16(10-15)12-24-21(26-20)14-4-5-14/h8-9,11-12,14-15,18H,1-7,10,13H2,(H,25,27). The van der Waals surface area contributed by atoms with Crippen LogP contribution in [0, 0.1) is 5.92 Å². The molecule has 1 amide bonds. The first-order chi connectivity index (χ1) is 13.7. The van der Waals surface area contributed by atoms with E-state index >= 15 is 0 Å². The molecule has 0 saturated heterocycles. The van der Waals surface area contributed by atoms with Gasteiger partial charge in [-0.15, -0.1) is 0 Å². The van der Waals surface area contributed by atoms with Gasteiger partial charge < -0.3 is 10.1 Å². The van der Waals surface area contributed by atoms with Crippen molar-refractivity contribution in [3.05, 3.63) is 47.3 Å². The van der Waals surface area contributed by atoms with Gasteiger partial charge in [0.25, 0.3) is 0 Å². The van der Waals surface area contributed by atoms with Gasteiger partial charge in [-0.25, -0.2) is 9.97 Å². The Bertz CT molecular complexity index is 877. The monoisotopic (exact) mass is 378 g/mol. The molecular formula is C22H26N4O2. The number of amides is 1. The van der Waals surface area contributed by atoms with Crippen LogP contribution in [-0.2, 0) is 24.2 Å². The average Bonchev–Trinajstić information content (AvgIpc) is 3.54. The molecule has 0 radical (unpaired) electrons. The molecule has 146 valence electrons. The molecule has 6 nitrogen and oxygen atoms in total. The summed E-state index contributed by atoms with van der Waals surface area (Å²) in [6.07, 6.45) is 12.4. The molecule has 2 aromatic heterocycles. The highest BCUT2D eigenvalue weighted by Gasteiger charge is 2.30. The first kappa shape index (κ1) is 17.6. The second-order valence-corrected chi connectivity index (χ2v) is 8.29. The highest BCUT2D eigenvalue weighted by atomic mass is 16.5. The first-order valence-corrected chi connectivity index (χ1v) is 10.5. The number of rotatable bonds is 6. The summed E-state index contributed by atoms with van der Waals surface area (Å²) < 4.78 is 5.92. The molecule has 0 spiro atoms. The van der Waals surface area contributed by atoms with Gasteiger partial charge in [0, 0.05) is 36.0 Å². The lowest BCUT2D eigenvalue weighted by Gasteiger charge is -2.26. The van der Waals surface area contributed by atoms with Gasteiger partial charge in [-0.05, 0) is 63.0 Å². The van der Waals surface area contributed by atoms with Gasteiger partial charge in [0.05, 0.1) is 18.3 Å². The van der Waals surface area contributed by atoms with Crippen LogP contribution in [0.1, 0.15) is 67.2 Å². The second kappa shape index (κ2) is 7.49. The van der Waals surface area contributed by atoms with Crippen LogP contribution in [0.3, 0.4) is 0 Å². The van der Waals surface area contributed by atoms with E-state index in [2.05, 4.69) is 15.3 Å². The lowest BCUT2D eigenvalue weighted by molar-refractivity contribution is -0.125. The van der Waals surface area contributed by atoms with Gasteiger partial charge >= 0.3 is 0 Å². The number of nitrogens with one attached hydrogen (secondary N) is 1. The second-order valence-electron chi connectivity index (χ2n) is 8.29. The zero-order valence-corrected chi connectivity index (χ0v) is 16.1. The number of carbonyl (C=O) groups excluding carboxylic acids is 1. The van der Waals surface area contributed by atoms with E-state index < -0.39 is 0 Å². The summed E-state index contributed by atoms with van der Waals surface area (Å²) in [5.74, 6) is 2.49. The summed E-state index contributed by atoms with van der Waals surface area (Å²) in [4.78, 5) is 26.3. The fourth-order valence-corrected chi connectivity index (χ4v) is 3.91. The number of hydrogen-bond donors (Lipinski definition) is 1. The van der Waals surface area contributed by atoms with Gasteiger partial charge in [-0.1, -0.05) is 0 Å². The number of hydrogen-bond acceptors (Lipinski definition) is 5. The molecule has 5 rings (SSSR count). The number of pyridine rings is 1. The summed E-state index contributed by atoms with van der Waals surface area (Å²) in [5.41, 5.74) is 3.10. The topological polar surface area (TPSA) is 77.0 Å². The Labute approximate surface area is 165 Å². The third-order valence-electron chi connectivity index (χ3n) is 6.07. The van der Waals surface area contributed by atoms with E-state index in [9.17, 15) is 4.79 Å². The lowest BCUT2D eigenvalue weighted by Crippen LogP contribution is -2.34. The van der Waals surface area contributed by atoms with Gasteiger partial charge in [0.2, 0.25) is 5.91 Å². The van der Waals surface area contributed by atoms with Crippen molar-refractivity contribution < 1.29 is 9.53 Å². The predicted octanol–water partition coefficient (Wildman–Crippen LogP) is 3.10. The SMILES string of the molecule is O=C(NCc1cc(OC2CCC2)ccn1)C1CCc2nc(C3CC3)ncc2C1. The minimum absolute atomic E-state index is 0.0164. The number of aromatic nitrogens is 3. The van der Waals surface area contributed by atoms with Crippen molar-refractivity contribution in [2.45, 2.75) is 69.9 Å². The van der Waals surface area contributed by atoms with E-state index in [0.29, 0.717) is 18.6 Å². The van der Waals surface area contributed by atoms with E-state index in [1.165, 1.54) is 19.3 Å². The molecule has 0 aromatic carbocycles. The summed E-state index contributed by atoms with van der Waals surface area (Å²) in [6, 6.07) is 3.82. The first-order valence-electron chi connectivity index (χ1n) is 10.5. The fourth-order valence-electron chi connectivity index (χ4n) is 3.91. The molecule has 1 unspecified atom stereocenters. The summed E-state index contributed by atoms with van der Waals surface area (Å²) in [5, 5.41) is 3.05. The van der Waals surface area contributed by atoms with Gasteiger partial charge in [0.1, 0.15) is 11.6 Å². The number of aryl methyl sites for hydroxylation is 1. The predicted molar refractivity (Wildman–Crippen MR) is 104 cm³/mol. The lowest BCUT2D eigenvalue weighted by atomic mass is 9.86. The van der Waals surface area contributed by atoms with Crippen LogP contribution in [-0.4, -0.2) is 27.0 Å². The number of carbonyl (C=O) groups is 1. The van der Waals surface area contributed by atoms with Crippen molar-refractivity contribution in [3.63, 3.8) is 0 Å². The third-order valence-corrected chi connectivity index (χ3v) is 6.07. The van der Waals surface area contributed by atoms with Crippen molar-refractivity contribution in [1.29, 1.82) is 0 Å². The fraction of sp³-hybridized carbons (Fsp3) is 0.545. The normalized spacial score (nSPS) is 21.5. The van der Waals surface area contributed by atoms with Crippen LogP contribution in [0.2, 0.25) is 0 Å². The van der Waals surface area contributed by atoms with E-state index in [1.807, 2.05) is 18.3 Å². The molecule has 6 heteroatoms. The van der Waals surface area contributed by atoms with Crippen molar-refractivity contribution >= 4 is 5.91 Å². The number of ether oxygens (including phenoxy) is 1. The Morgan fingerprint density at radius 1 is 1.18 bits per heavy atom. The van der Waals surface area contributed by atoms with Crippen molar-refractivity contribution in [1.82, 2.24) is 20.3 Å². The maximum atomic E-state index is 12.7. The largest absolute Gasteiger partial charge is 0.490 e. The summed E-state index contributed by atoms with van der Waals surface area (Å²) in [6.45, 7) is 0.432.